The minimum Gasteiger partial charge on any atom is -0.481 e. The molecule has 2 aromatic rings. The van der Waals surface area contributed by atoms with Crippen molar-refractivity contribution in [3.63, 3.8) is 0 Å². The van der Waals surface area contributed by atoms with E-state index in [4.69, 9.17) is 5.11 Å². The summed E-state index contributed by atoms with van der Waals surface area (Å²) >= 11 is 0. The third-order valence-electron chi connectivity index (χ3n) is 4.33. The summed E-state index contributed by atoms with van der Waals surface area (Å²) in [7, 11) is 0. The topological polar surface area (TPSA) is 74.9 Å². The number of piperidine rings is 1. The van der Waals surface area contributed by atoms with Gasteiger partial charge in [-0.1, -0.05) is 6.07 Å². The number of carbonyl (C=O) groups is 2. The lowest BCUT2D eigenvalue weighted by Gasteiger charge is -2.31. The predicted molar refractivity (Wildman–Crippen MR) is 80.7 cm³/mol. The van der Waals surface area contributed by atoms with Crippen molar-refractivity contribution in [2.75, 3.05) is 13.1 Å². The number of pyridine rings is 1. The van der Waals surface area contributed by atoms with Gasteiger partial charge in [0.05, 0.1) is 17.3 Å². The summed E-state index contributed by atoms with van der Waals surface area (Å²) < 4.78 is 1.70. The average molecular weight is 301 g/mol. The van der Waals surface area contributed by atoms with Gasteiger partial charge in [-0.05, 0) is 37.3 Å². The van der Waals surface area contributed by atoms with Gasteiger partial charge in [-0.15, -0.1) is 0 Å². The first-order chi connectivity index (χ1) is 10.6. The largest absolute Gasteiger partial charge is 0.481 e. The molecule has 0 atom stereocenters. The fourth-order valence-corrected chi connectivity index (χ4v) is 3.02. The number of hydrogen-bond acceptors (Lipinski definition) is 3. The van der Waals surface area contributed by atoms with Crippen molar-refractivity contribution >= 4 is 17.4 Å². The van der Waals surface area contributed by atoms with Gasteiger partial charge >= 0.3 is 5.97 Å². The molecule has 116 valence electrons. The lowest BCUT2D eigenvalue weighted by atomic mass is 9.92. The van der Waals surface area contributed by atoms with Gasteiger partial charge in [-0.3, -0.25) is 9.59 Å². The maximum absolute atomic E-state index is 12.6. The van der Waals surface area contributed by atoms with Crippen LogP contribution in [0, 0.1) is 5.92 Å². The van der Waals surface area contributed by atoms with Crippen LogP contribution in [0.5, 0.6) is 0 Å². The van der Waals surface area contributed by atoms with Gasteiger partial charge in [0.2, 0.25) is 0 Å². The molecule has 0 saturated carbocycles. The zero-order valence-electron chi connectivity index (χ0n) is 12.3. The van der Waals surface area contributed by atoms with Gasteiger partial charge in [0.15, 0.2) is 0 Å². The zero-order valence-corrected chi connectivity index (χ0v) is 12.3. The second kappa shape index (κ2) is 6.17. The van der Waals surface area contributed by atoms with Crippen molar-refractivity contribution in [2.45, 2.75) is 25.7 Å². The van der Waals surface area contributed by atoms with Gasteiger partial charge < -0.3 is 10.0 Å². The normalized spacial score (nSPS) is 16.1. The van der Waals surface area contributed by atoms with Crippen molar-refractivity contribution in [1.82, 2.24) is 14.5 Å². The van der Waals surface area contributed by atoms with Gasteiger partial charge in [0.1, 0.15) is 0 Å². The Morgan fingerprint density at radius 2 is 2.05 bits per heavy atom. The molecule has 1 saturated heterocycles. The van der Waals surface area contributed by atoms with E-state index in [-0.39, 0.29) is 12.3 Å². The first-order valence-electron chi connectivity index (χ1n) is 7.58. The standard InChI is InChI=1S/C16H19N3O3/c20-15(21)5-4-12-6-9-18(10-7-12)16(22)13-11-17-19-8-2-1-3-14(13)19/h1-3,8,11-12H,4-7,9-10H2,(H,20,21). The Morgan fingerprint density at radius 1 is 1.27 bits per heavy atom. The molecule has 1 aliphatic rings. The molecule has 2 aromatic heterocycles. The Balaban J connectivity index is 1.64. The van der Waals surface area contributed by atoms with E-state index in [1.165, 1.54) is 0 Å². The number of fused-ring (bicyclic) bond motifs is 1. The Bertz CT molecular complexity index is 687. The SMILES string of the molecule is O=C(O)CCC1CCN(C(=O)c2cnn3ccccc23)CC1. The maximum atomic E-state index is 12.6. The van der Waals surface area contributed by atoms with E-state index in [1.54, 1.807) is 10.7 Å². The second-order valence-electron chi connectivity index (χ2n) is 5.76. The van der Waals surface area contributed by atoms with Gasteiger partial charge in [0, 0.05) is 25.7 Å². The Labute approximate surface area is 128 Å². The highest BCUT2D eigenvalue weighted by Gasteiger charge is 2.25. The molecule has 22 heavy (non-hydrogen) atoms. The molecule has 0 aliphatic carbocycles. The molecule has 1 N–H and O–H groups in total. The molecule has 3 rings (SSSR count). The highest BCUT2D eigenvalue weighted by molar-refractivity contribution is 6.00. The molecule has 6 heteroatoms. The molecule has 1 aliphatic heterocycles. The molecule has 3 heterocycles. The molecule has 0 spiro atoms. The van der Waals surface area contributed by atoms with E-state index >= 15 is 0 Å². The minimum absolute atomic E-state index is 0.0119. The molecular formula is C16H19N3O3. The fourth-order valence-electron chi connectivity index (χ4n) is 3.02. The summed E-state index contributed by atoms with van der Waals surface area (Å²) in [6.45, 7) is 1.38. The Kier molecular flexibility index (Phi) is 4.09. The van der Waals surface area contributed by atoms with E-state index in [0.29, 0.717) is 31.0 Å². The van der Waals surface area contributed by atoms with E-state index in [2.05, 4.69) is 5.10 Å². The Morgan fingerprint density at radius 3 is 2.77 bits per heavy atom. The Hall–Kier alpha value is -2.37. The molecule has 6 nitrogen and oxygen atoms in total. The van der Waals surface area contributed by atoms with Crippen LogP contribution in [0.4, 0.5) is 0 Å². The van der Waals surface area contributed by atoms with Crippen LogP contribution in [0.25, 0.3) is 5.52 Å². The van der Waals surface area contributed by atoms with Crippen molar-refractivity contribution in [3.05, 3.63) is 36.2 Å². The summed E-state index contributed by atoms with van der Waals surface area (Å²) in [5.74, 6) is -0.327. The van der Waals surface area contributed by atoms with E-state index in [1.807, 2.05) is 29.3 Å². The monoisotopic (exact) mass is 301 g/mol. The number of aliphatic carboxylic acids is 1. The maximum Gasteiger partial charge on any atom is 0.303 e. The van der Waals surface area contributed by atoms with Crippen LogP contribution in [0.2, 0.25) is 0 Å². The van der Waals surface area contributed by atoms with E-state index in [9.17, 15) is 9.59 Å². The van der Waals surface area contributed by atoms with Crippen molar-refractivity contribution in [2.24, 2.45) is 5.92 Å². The number of rotatable bonds is 4. The predicted octanol–water partition coefficient (Wildman–Crippen LogP) is 2.05. The average Bonchev–Trinajstić information content (AvgIpc) is 2.97. The highest BCUT2D eigenvalue weighted by Crippen LogP contribution is 2.24. The van der Waals surface area contributed by atoms with Crippen molar-refractivity contribution in [1.29, 1.82) is 0 Å². The van der Waals surface area contributed by atoms with Crippen LogP contribution in [0.3, 0.4) is 0 Å². The lowest BCUT2D eigenvalue weighted by molar-refractivity contribution is -0.137. The van der Waals surface area contributed by atoms with Crippen molar-refractivity contribution in [3.8, 4) is 0 Å². The molecular weight excluding hydrogens is 282 g/mol. The molecule has 0 aromatic carbocycles. The van der Waals surface area contributed by atoms with Crippen LogP contribution in [-0.2, 0) is 4.79 Å². The third-order valence-corrected chi connectivity index (χ3v) is 4.33. The van der Waals surface area contributed by atoms with Gasteiger partial charge in [-0.25, -0.2) is 4.52 Å². The first-order valence-corrected chi connectivity index (χ1v) is 7.58. The summed E-state index contributed by atoms with van der Waals surface area (Å²) in [5.41, 5.74) is 1.45. The molecule has 0 unspecified atom stereocenters. The second-order valence-corrected chi connectivity index (χ2v) is 5.76. The number of carboxylic acids is 1. The van der Waals surface area contributed by atoms with E-state index < -0.39 is 5.97 Å². The minimum atomic E-state index is -0.745. The number of carboxylic acid groups (broad SMARTS) is 1. The summed E-state index contributed by atoms with van der Waals surface area (Å²) in [6, 6.07) is 5.66. The fraction of sp³-hybridized carbons (Fsp3) is 0.438. The number of hydrogen-bond donors (Lipinski definition) is 1. The van der Waals surface area contributed by atoms with Crippen LogP contribution < -0.4 is 0 Å². The number of amides is 1. The van der Waals surface area contributed by atoms with Gasteiger partial charge in [0.25, 0.3) is 5.91 Å². The number of likely N-dealkylation sites (tertiary alicyclic amines) is 1. The summed E-state index contributed by atoms with van der Waals surface area (Å²) in [6.07, 6.45) is 6.11. The highest BCUT2D eigenvalue weighted by atomic mass is 16.4. The van der Waals surface area contributed by atoms with Crippen molar-refractivity contribution < 1.29 is 14.7 Å². The lowest BCUT2D eigenvalue weighted by Crippen LogP contribution is -2.38. The smallest absolute Gasteiger partial charge is 0.303 e. The van der Waals surface area contributed by atoms with Crippen LogP contribution in [-0.4, -0.2) is 44.6 Å². The number of nitrogens with zero attached hydrogens (tertiary/aromatic N) is 3. The summed E-state index contributed by atoms with van der Waals surface area (Å²) in [4.78, 5) is 25.1. The number of aromatic nitrogens is 2. The number of carbonyl (C=O) groups excluding carboxylic acids is 1. The molecule has 1 fully saturated rings. The molecule has 0 bridgehead atoms. The van der Waals surface area contributed by atoms with Crippen LogP contribution in [0.15, 0.2) is 30.6 Å². The molecule has 1 amide bonds. The van der Waals surface area contributed by atoms with Gasteiger partial charge in [-0.2, -0.15) is 5.10 Å². The quantitative estimate of drug-likeness (QED) is 0.938. The van der Waals surface area contributed by atoms with E-state index in [0.717, 1.165) is 18.4 Å². The summed E-state index contributed by atoms with van der Waals surface area (Å²) in [5, 5.41) is 12.9. The zero-order chi connectivity index (χ0) is 15.5. The van der Waals surface area contributed by atoms with Crippen LogP contribution in [0.1, 0.15) is 36.0 Å². The molecule has 0 radical (unpaired) electrons. The van der Waals surface area contributed by atoms with Crippen LogP contribution >= 0.6 is 0 Å². The third kappa shape index (κ3) is 2.95. The first kappa shape index (κ1) is 14.6.